The zero-order valence-electron chi connectivity index (χ0n) is 17.1. The molecule has 0 heterocycles. The van der Waals surface area contributed by atoms with Gasteiger partial charge in [-0.2, -0.15) is 0 Å². The fraction of sp³-hybridized carbons (Fsp3) is 0.318. The van der Waals surface area contributed by atoms with E-state index in [0.29, 0.717) is 5.56 Å². The third-order valence-corrected chi connectivity index (χ3v) is 4.48. The molecule has 1 N–H and O–H groups in total. The summed E-state index contributed by atoms with van der Waals surface area (Å²) in [6, 6.07) is 13.9. The van der Waals surface area contributed by atoms with E-state index in [4.69, 9.17) is 9.68 Å². The van der Waals surface area contributed by atoms with Gasteiger partial charge in [0.25, 0.3) is 5.91 Å². The van der Waals surface area contributed by atoms with Crippen molar-refractivity contribution in [2.45, 2.75) is 33.8 Å². The number of hydrogen-bond donors (Lipinski definition) is 1. The zero-order valence-corrected chi connectivity index (χ0v) is 17.1. The molecule has 0 spiro atoms. The van der Waals surface area contributed by atoms with E-state index in [1.807, 2.05) is 44.2 Å². The van der Waals surface area contributed by atoms with Gasteiger partial charge in [0, 0.05) is 18.2 Å². The van der Waals surface area contributed by atoms with Gasteiger partial charge in [-0.15, -0.1) is 0 Å². The fourth-order valence-corrected chi connectivity index (χ4v) is 2.77. The van der Waals surface area contributed by atoms with Crippen LogP contribution in [0.3, 0.4) is 0 Å². The Balaban J connectivity index is 2.24. The molecule has 2 aromatic rings. The lowest BCUT2D eigenvalue weighted by Crippen LogP contribution is -2.29. The monoisotopic (exact) mass is 381 g/mol. The van der Waals surface area contributed by atoms with Gasteiger partial charge in [0.05, 0.1) is 5.71 Å². The second-order valence-corrected chi connectivity index (χ2v) is 6.30. The maximum atomic E-state index is 12.2. The highest BCUT2D eigenvalue weighted by molar-refractivity contribution is 6.45. The van der Waals surface area contributed by atoms with Crippen molar-refractivity contribution in [2.24, 2.45) is 10.3 Å². The van der Waals surface area contributed by atoms with Crippen molar-refractivity contribution >= 4 is 17.3 Å². The first kappa shape index (κ1) is 21.2. The summed E-state index contributed by atoms with van der Waals surface area (Å²) in [6.45, 7) is 6.20. The van der Waals surface area contributed by atoms with Gasteiger partial charge in [0.1, 0.15) is 13.7 Å². The van der Waals surface area contributed by atoms with E-state index in [2.05, 4.69) is 34.7 Å². The molecule has 0 atom stereocenters. The Morgan fingerprint density at radius 3 is 2.43 bits per heavy atom. The second kappa shape index (κ2) is 10.3. The number of nitrogens with one attached hydrogen (secondary N) is 1. The molecule has 0 aliphatic carbocycles. The molecular formula is C22H27N3O3. The first-order valence-electron chi connectivity index (χ1n) is 9.19. The summed E-state index contributed by atoms with van der Waals surface area (Å²) in [5.41, 5.74) is 5.74. The summed E-state index contributed by atoms with van der Waals surface area (Å²) in [7, 11) is 2.96. The molecule has 2 aromatic carbocycles. The van der Waals surface area contributed by atoms with E-state index in [1.165, 1.54) is 12.7 Å². The molecule has 0 unspecified atom stereocenters. The number of carbonyl (C=O) groups excluding carboxylic acids is 1. The SMILES string of the molecule is CCc1ccc(/C(C)=N/OCc2c(C)cccc2/C(=N\OC)C(=O)NC)cc1. The second-order valence-electron chi connectivity index (χ2n) is 6.30. The van der Waals surface area contributed by atoms with E-state index < -0.39 is 0 Å². The summed E-state index contributed by atoms with van der Waals surface area (Å²) in [5.74, 6) is -0.329. The molecule has 1 amide bonds. The van der Waals surface area contributed by atoms with Crippen LogP contribution in [0, 0.1) is 6.92 Å². The maximum Gasteiger partial charge on any atom is 0.273 e. The third kappa shape index (κ3) is 5.19. The van der Waals surface area contributed by atoms with Crippen LogP contribution in [-0.2, 0) is 27.5 Å². The van der Waals surface area contributed by atoms with Crippen molar-refractivity contribution in [1.29, 1.82) is 0 Å². The molecule has 6 heteroatoms. The Labute approximate surface area is 166 Å². The smallest absolute Gasteiger partial charge is 0.273 e. The number of carbonyl (C=O) groups is 1. The minimum atomic E-state index is -0.329. The van der Waals surface area contributed by atoms with Crippen molar-refractivity contribution in [3.05, 3.63) is 70.3 Å². The van der Waals surface area contributed by atoms with Crippen LogP contribution in [0.25, 0.3) is 0 Å². The molecular weight excluding hydrogens is 354 g/mol. The van der Waals surface area contributed by atoms with Crippen LogP contribution in [0.2, 0.25) is 0 Å². The van der Waals surface area contributed by atoms with E-state index in [1.54, 1.807) is 7.05 Å². The number of nitrogens with zero attached hydrogens (tertiary/aromatic N) is 2. The van der Waals surface area contributed by atoms with E-state index in [9.17, 15) is 4.79 Å². The van der Waals surface area contributed by atoms with Crippen molar-refractivity contribution in [2.75, 3.05) is 14.2 Å². The molecule has 0 aliphatic rings. The number of oxime groups is 2. The number of benzene rings is 2. The van der Waals surface area contributed by atoms with Gasteiger partial charge >= 0.3 is 0 Å². The summed E-state index contributed by atoms with van der Waals surface area (Å²) >= 11 is 0. The molecule has 6 nitrogen and oxygen atoms in total. The van der Waals surface area contributed by atoms with Gasteiger partial charge in [-0.05, 0) is 37.0 Å². The molecule has 0 saturated carbocycles. The van der Waals surface area contributed by atoms with Crippen molar-refractivity contribution in [3.63, 3.8) is 0 Å². The van der Waals surface area contributed by atoms with Gasteiger partial charge in [0.15, 0.2) is 5.71 Å². The Morgan fingerprint density at radius 1 is 1.11 bits per heavy atom. The average molecular weight is 381 g/mol. The fourth-order valence-electron chi connectivity index (χ4n) is 2.77. The zero-order chi connectivity index (χ0) is 20.5. The predicted molar refractivity (Wildman–Crippen MR) is 112 cm³/mol. The van der Waals surface area contributed by atoms with E-state index in [-0.39, 0.29) is 18.2 Å². The van der Waals surface area contributed by atoms with Crippen molar-refractivity contribution < 1.29 is 14.5 Å². The Morgan fingerprint density at radius 2 is 1.82 bits per heavy atom. The van der Waals surface area contributed by atoms with Crippen LogP contribution in [0.1, 0.15) is 41.7 Å². The summed E-state index contributed by atoms with van der Waals surface area (Å²) < 4.78 is 0. The highest BCUT2D eigenvalue weighted by atomic mass is 16.6. The molecule has 148 valence electrons. The summed E-state index contributed by atoms with van der Waals surface area (Å²) in [6.07, 6.45) is 1.000. The Hall–Kier alpha value is -3.15. The van der Waals surface area contributed by atoms with Crippen LogP contribution < -0.4 is 5.32 Å². The molecule has 0 fully saturated rings. The minimum Gasteiger partial charge on any atom is -0.398 e. The van der Waals surface area contributed by atoms with Gasteiger partial charge in [0.2, 0.25) is 0 Å². The van der Waals surface area contributed by atoms with Crippen LogP contribution in [-0.4, -0.2) is 31.5 Å². The van der Waals surface area contributed by atoms with Crippen LogP contribution >= 0.6 is 0 Å². The summed E-state index contributed by atoms with van der Waals surface area (Å²) in [5, 5.41) is 10.7. The lowest BCUT2D eigenvalue weighted by molar-refractivity contribution is -0.114. The predicted octanol–water partition coefficient (Wildman–Crippen LogP) is 3.59. The molecule has 0 bridgehead atoms. The molecule has 2 rings (SSSR count). The maximum absolute atomic E-state index is 12.2. The highest BCUT2D eigenvalue weighted by Crippen LogP contribution is 2.18. The standard InChI is InChI=1S/C22H27N3O3/c1-6-17-10-12-18(13-11-17)16(3)24-28-14-20-15(2)8-7-9-19(20)21(25-27-5)22(26)23-4/h7-13H,6,14H2,1-5H3,(H,23,26)/b24-16+,25-21+. The third-order valence-electron chi connectivity index (χ3n) is 4.48. The van der Waals surface area contributed by atoms with E-state index in [0.717, 1.165) is 28.8 Å². The van der Waals surface area contributed by atoms with Crippen LogP contribution in [0.15, 0.2) is 52.8 Å². The molecule has 28 heavy (non-hydrogen) atoms. The first-order chi connectivity index (χ1) is 13.5. The average Bonchev–Trinajstić information content (AvgIpc) is 2.72. The highest BCUT2D eigenvalue weighted by Gasteiger charge is 2.19. The number of rotatable bonds is 8. The van der Waals surface area contributed by atoms with Gasteiger partial charge in [-0.25, -0.2) is 0 Å². The van der Waals surface area contributed by atoms with Crippen molar-refractivity contribution in [3.8, 4) is 0 Å². The van der Waals surface area contributed by atoms with Gasteiger partial charge in [-0.1, -0.05) is 59.7 Å². The molecule has 0 aliphatic heterocycles. The first-order valence-corrected chi connectivity index (χ1v) is 9.19. The number of hydrogen-bond acceptors (Lipinski definition) is 5. The van der Waals surface area contributed by atoms with Crippen LogP contribution in [0.5, 0.6) is 0 Å². The Bertz CT molecular complexity index is 871. The number of aryl methyl sites for hydroxylation is 2. The lowest BCUT2D eigenvalue weighted by atomic mass is 9.98. The molecule has 0 saturated heterocycles. The normalized spacial score (nSPS) is 11.9. The van der Waals surface area contributed by atoms with Crippen molar-refractivity contribution in [1.82, 2.24) is 5.32 Å². The Kier molecular flexibility index (Phi) is 7.75. The molecule has 0 aromatic heterocycles. The summed E-state index contributed by atoms with van der Waals surface area (Å²) in [4.78, 5) is 22.7. The van der Waals surface area contributed by atoms with Gasteiger partial charge in [-0.3, -0.25) is 4.79 Å². The molecule has 0 radical (unpaired) electrons. The topological polar surface area (TPSA) is 72.3 Å². The number of amides is 1. The minimum absolute atomic E-state index is 0.197. The van der Waals surface area contributed by atoms with E-state index >= 15 is 0 Å². The largest absolute Gasteiger partial charge is 0.398 e. The van der Waals surface area contributed by atoms with Gasteiger partial charge < -0.3 is 15.0 Å². The van der Waals surface area contributed by atoms with Crippen LogP contribution in [0.4, 0.5) is 0 Å². The quantitative estimate of drug-likeness (QED) is 0.561. The number of likely N-dealkylation sites (N-methyl/N-ethyl adjacent to an activating group) is 1. The lowest BCUT2D eigenvalue weighted by Gasteiger charge is -2.13.